The zero-order chi connectivity index (χ0) is 13.8. The summed E-state index contributed by atoms with van der Waals surface area (Å²) in [5.41, 5.74) is 2.11. The minimum atomic E-state index is 0.707. The van der Waals surface area contributed by atoms with E-state index in [0.29, 0.717) is 5.75 Å². The Kier molecular flexibility index (Phi) is 4.61. The third-order valence-electron chi connectivity index (χ3n) is 3.26. The molecule has 104 valence electrons. The molecule has 0 unspecified atom stereocenters. The summed E-state index contributed by atoms with van der Waals surface area (Å²) >= 11 is 5.59. The average Bonchev–Trinajstić information content (AvgIpc) is 2.47. The number of nitrogens with zero attached hydrogens (tertiary/aromatic N) is 1. The van der Waals surface area contributed by atoms with Gasteiger partial charge < -0.3 is 19.1 Å². The monoisotopic (exact) mass is 281 g/mol. The lowest BCUT2D eigenvalue weighted by molar-refractivity contribution is 0.0692. The molecule has 1 aliphatic heterocycles. The Labute approximate surface area is 119 Å². The summed E-state index contributed by atoms with van der Waals surface area (Å²) in [5, 5.41) is 0. The second-order valence-electron chi connectivity index (χ2n) is 4.43. The van der Waals surface area contributed by atoms with Gasteiger partial charge in [-0.15, -0.1) is 0 Å². The van der Waals surface area contributed by atoms with Crippen LogP contribution >= 0.6 is 12.2 Å². The van der Waals surface area contributed by atoms with Crippen molar-refractivity contribution in [3.63, 3.8) is 0 Å². The van der Waals surface area contributed by atoms with Gasteiger partial charge in [-0.3, -0.25) is 0 Å². The molecule has 1 aliphatic rings. The van der Waals surface area contributed by atoms with Gasteiger partial charge in [0.2, 0.25) is 0 Å². The maximum atomic E-state index is 5.59. The molecule has 4 nitrogen and oxygen atoms in total. The molecule has 0 amide bonds. The van der Waals surface area contributed by atoms with Crippen molar-refractivity contribution >= 4 is 17.2 Å². The Balaban J connectivity index is 2.30. The minimum Gasteiger partial charge on any atom is -0.493 e. The number of morpholine rings is 1. The summed E-state index contributed by atoms with van der Waals surface area (Å²) < 4.78 is 16.0. The number of benzene rings is 1. The van der Waals surface area contributed by atoms with Gasteiger partial charge in [0.15, 0.2) is 11.5 Å². The molecule has 19 heavy (non-hydrogen) atoms. The fourth-order valence-electron chi connectivity index (χ4n) is 2.15. The average molecular weight is 281 g/mol. The molecule has 1 aromatic rings. The molecule has 1 saturated heterocycles. The standard InChI is InChI=1S/C14H19NO3S/c1-10-8-12(16-2)13(17-3)9-11(10)14(19)15-4-6-18-7-5-15/h8-9H,4-7H2,1-3H3. The van der Waals surface area contributed by atoms with Crippen molar-refractivity contribution in [3.05, 3.63) is 23.3 Å². The van der Waals surface area contributed by atoms with Gasteiger partial charge in [-0.1, -0.05) is 12.2 Å². The third kappa shape index (κ3) is 2.98. The number of methoxy groups -OCH3 is 2. The van der Waals surface area contributed by atoms with E-state index in [1.54, 1.807) is 14.2 Å². The van der Waals surface area contributed by atoms with Crippen LogP contribution in [0.25, 0.3) is 0 Å². The van der Waals surface area contributed by atoms with Gasteiger partial charge in [0.1, 0.15) is 4.99 Å². The first-order valence-electron chi connectivity index (χ1n) is 6.27. The van der Waals surface area contributed by atoms with Crippen LogP contribution in [0.15, 0.2) is 12.1 Å². The Morgan fingerprint density at radius 2 is 1.74 bits per heavy atom. The van der Waals surface area contributed by atoms with Gasteiger partial charge in [-0.2, -0.15) is 0 Å². The fourth-order valence-corrected chi connectivity index (χ4v) is 2.55. The summed E-state index contributed by atoms with van der Waals surface area (Å²) in [7, 11) is 3.27. The Morgan fingerprint density at radius 3 is 2.32 bits per heavy atom. The van der Waals surface area contributed by atoms with E-state index in [0.717, 1.165) is 48.2 Å². The molecule has 0 bridgehead atoms. The topological polar surface area (TPSA) is 30.9 Å². The first-order valence-corrected chi connectivity index (χ1v) is 6.68. The van der Waals surface area contributed by atoms with E-state index in [1.165, 1.54) is 0 Å². The molecule has 2 rings (SSSR count). The van der Waals surface area contributed by atoms with Crippen molar-refractivity contribution < 1.29 is 14.2 Å². The number of ether oxygens (including phenoxy) is 3. The molecular weight excluding hydrogens is 262 g/mol. The maximum absolute atomic E-state index is 5.59. The quantitative estimate of drug-likeness (QED) is 0.791. The minimum absolute atomic E-state index is 0.707. The molecule has 0 aromatic heterocycles. The molecule has 5 heteroatoms. The van der Waals surface area contributed by atoms with E-state index >= 15 is 0 Å². The number of rotatable bonds is 3. The number of thiocarbonyl (C=S) groups is 1. The highest BCUT2D eigenvalue weighted by Crippen LogP contribution is 2.31. The summed E-state index contributed by atoms with van der Waals surface area (Å²) in [4.78, 5) is 3.02. The summed E-state index contributed by atoms with van der Waals surface area (Å²) in [6.07, 6.45) is 0. The predicted molar refractivity (Wildman–Crippen MR) is 78.4 cm³/mol. The lowest BCUT2D eigenvalue weighted by Gasteiger charge is -2.30. The highest BCUT2D eigenvalue weighted by Gasteiger charge is 2.18. The fraction of sp³-hybridized carbons (Fsp3) is 0.500. The highest BCUT2D eigenvalue weighted by molar-refractivity contribution is 7.80. The first-order chi connectivity index (χ1) is 9.17. The van der Waals surface area contributed by atoms with Crippen LogP contribution in [0.5, 0.6) is 11.5 Å². The summed E-state index contributed by atoms with van der Waals surface area (Å²) in [5.74, 6) is 1.44. The highest BCUT2D eigenvalue weighted by atomic mass is 32.1. The largest absolute Gasteiger partial charge is 0.493 e. The van der Waals surface area contributed by atoms with E-state index in [4.69, 9.17) is 26.4 Å². The Hall–Kier alpha value is -1.33. The molecular formula is C14H19NO3S. The van der Waals surface area contributed by atoms with E-state index in [1.807, 2.05) is 19.1 Å². The maximum Gasteiger partial charge on any atom is 0.161 e. The van der Waals surface area contributed by atoms with Crippen molar-refractivity contribution in [2.24, 2.45) is 0 Å². The van der Waals surface area contributed by atoms with Crippen LogP contribution in [0, 0.1) is 6.92 Å². The molecule has 0 aliphatic carbocycles. The predicted octanol–water partition coefficient (Wildman–Crippen LogP) is 2.02. The van der Waals surface area contributed by atoms with Crippen molar-refractivity contribution in [3.8, 4) is 11.5 Å². The molecule has 1 aromatic carbocycles. The molecule has 0 N–H and O–H groups in total. The first kappa shape index (κ1) is 14.1. The van der Waals surface area contributed by atoms with Crippen LogP contribution in [0.4, 0.5) is 0 Å². The number of hydrogen-bond acceptors (Lipinski definition) is 4. The smallest absolute Gasteiger partial charge is 0.161 e. The molecule has 0 atom stereocenters. The zero-order valence-electron chi connectivity index (χ0n) is 11.6. The van der Waals surface area contributed by atoms with Gasteiger partial charge in [-0.05, 0) is 24.6 Å². The summed E-state index contributed by atoms with van der Waals surface area (Å²) in [6.45, 7) is 5.17. The van der Waals surface area contributed by atoms with Crippen LogP contribution in [0.3, 0.4) is 0 Å². The van der Waals surface area contributed by atoms with E-state index < -0.39 is 0 Å². The molecule has 1 heterocycles. The van der Waals surface area contributed by atoms with Crippen molar-refractivity contribution in [2.45, 2.75) is 6.92 Å². The van der Waals surface area contributed by atoms with Crippen LogP contribution in [0.1, 0.15) is 11.1 Å². The second kappa shape index (κ2) is 6.21. The van der Waals surface area contributed by atoms with E-state index in [2.05, 4.69) is 4.90 Å². The number of hydrogen-bond donors (Lipinski definition) is 0. The van der Waals surface area contributed by atoms with Crippen molar-refractivity contribution in [1.29, 1.82) is 0 Å². The molecule has 0 spiro atoms. The van der Waals surface area contributed by atoms with Crippen LogP contribution in [-0.2, 0) is 4.74 Å². The van der Waals surface area contributed by atoms with Crippen molar-refractivity contribution in [1.82, 2.24) is 4.90 Å². The van der Waals surface area contributed by atoms with Gasteiger partial charge in [0, 0.05) is 18.7 Å². The SMILES string of the molecule is COc1cc(C)c(C(=S)N2CCOCC2)cc1OC. The van der Waals surface area contributed by atoms with E-state index in [9.17, 15) is 0 Å². The number of aryl methyl sites for hydroxylation is 1. The zero-order valence-corrected chi connectivity index (χ0v) is 12.4. The third-order valence-corrected chi connectivity index (χ3v) is 3.74. The second-order valence-corrected chi connectivity index (χ2v) is 4.81. The molecule has 0 saturated carbocycles. The van der Waals surface area contributed by atoms with E-state index in [-0.39, 0.29) is 0 Å². The van der Waals surface area contributed by atoms with Gasteiger partial charge in [0.05, 0.1) is 27.4 Å². The van der Waals surface area contributed by atoms with Gasteiger partial charge in [-0.25, -0.2) is 0 Å². The molecule has 0 radical (unpaired) electrons. The molecule has 1 fully saturated rings. The lowest BCUT2D eigenvalue weighted by atomic mass is 10.1. The van der Waals surface area contributed by atoms with Crippen LogP contribution in [0.2, 0.25) is 0 Å². The summed E-state index contributed by atoms with van der Waals surface area (Å²) in [6, 6.07) is 3.91. The lowest BCUT2D eigenvalue weighted by Crippen LogP contribution is -2.40. The van der Waals surface area contributed by atoms with Crippen LogP contribution in [-0.4, -0.2) is 50.4 Å². The van der Waals surface area contributed by atoms with Crippen LogP contribution < -0.4 is 9.47 Å². The normalized spacial score (nSPS) is 15.2. The Bertz CT molecular complexity index is 470. The Morgan fingerprint density at radius 1 is 1.16 bits per heavy atom. The van der Waals surface area contributed by atoms with Gasteiger partial charge >= 0.3 is 0 Å². The van der Waals surface area contributed by atoms with Gasteiger partial charge in [0.25, 0.3) is 0 Å². The van der Waals surface area contributed by atoms with Crippen molar-refractivity contribution in [2.75, 3.05) is 40.5 Å².